The van der Waals surface area contributed by atoms with Gasteiger partial charge in [0.15, 0.2) is 5.69 Å². The first-order valence-corrected chi connectivity index (χ1v) is 6.58. The normalized spacial score (nSPS) is 12.3. The van der Waals surface area contributed by atoms with Crippen LogP contribution in [0.2, 0.25) is 0 Å². The number of carbonyl (C=O) groups excluding carboxylic acids is 2. The SMILES string of the molecule is CCOC(=O)c1nnn(CC(=O)NC(C)CC)c1C(F)F. The van der Waals surface area contributed by atoms with E-state index in [-0.39, 0.29) is 12.6 Å². The maximum absolute atomic E-state index is 13.1. The lowest BCUT2D eigenvalue weighted by Gasteiger charge is -2.12. The molecule has 0 spiro atoms. The molecule has 0 aromatic carbocycles. The van der Waals surface area contributed by atoms with Crippen LogP contribution < -0.4 is 5.32 Å². The molecule has 0 bridgehead atoms. The van der Waals surface area contributed by atoms with Gasteiger partial charge in [-0.3, -0.25) is 4.79 Å². The Morgan fingerprint density at radius 3 is 2.57 bits per heavy atom. The third kappa shape index (κ3) is 4.47. The zero-order chi connectivity index (χ0) is 16.0. The van der Waals surface area contributed by atoms with E-state index >= 15 is 0 Å². The van der Waals surface area contributed by atoms with Crippen molar-refractivity contribution in [2.24, 2.45) is 0 Å². The lowest BCUT2D eigenvalue weighted by Crippen LogP contribution is -2.35. The van der Waals surface area contributed by atoms with Gasteiger partial charge in [-0.25, -0.2) is 18.3 Å². The van der Waals surface area contributed by atoms with Gasteiger partial charge >= 0.3 is 5.97 Å². The molecule has 1 rings (SSSR count). The zero-order valence-electron chi connectivity index (χ0n) is 12.1. The van der Waals surface area contributed by atoms with Crippen molar-refractivity contribution in [3.8, 4) is 0 Å². The van der Waals surface area contributed by atoms with Gasteiger partial charge in [0, 0.05) is 6.04 Å². The van der Waals surface area contributed by atoms with E-state index in [1.54, 1.807) is 13.8 Å². The number of nitrogens with one attached hydrogen (secondary N) is 1. The molecule has 0 aliphatic rings. The van der Waals surface area contributed by atoms with E-state index in [0.717, 1.165) is 0 Å². The molecule has 1 unspecified atom stereocenters. The van der Waals surface area contributed by atoms with Crippen LogP contribution in [-0.2, 0) is 16.1 Å². The minimum Gasteiger partial charge on any atom is -0.461 e. The van der Waals surface area contributed by atoms with Crippen LogP contribution in [0.1, 0.15) is 49.8 Å². The van der Waals surface area contributed by atoms with E-state index < -0.39 is 36.2 Å². The van der Waals surface area contributed by atoms with Crippen LogP contribution >= 0.6 is 0 Å². The summed E-state index contributed by atoms with van der Waals surface area (Å²) in [7, 11) is 0. The second-order valence-electron chi connectivity index (χ2n) is 4.38. The highest BCUT2D eigenvalue weighted by atomic mass is 19.3. The van der Waals surface area contributed by atoms with Crippen LogP contribution in [0.5, 0.6) is 0 Å². The molecule has 0 aliphatic heterocycles. The maximum atomic E-state index is 13.1. The average Bonchev–Trinajstić information content (AvgIpc) is 2.82. The van der Waals surface area contributed by atoms with Crippen LogP contribution in [0.4, 0.5) is 8.78 Å². The highest BCUT2D eigenvalue weighted by molar-refractivity contribution is 5.88. The van der Waals surface area contributed by atoms with E-state index in [2.05, 4.69) is 20.4 Å². The Kier molecular flexibility index (Phi) is 6.19. The molecule has 0 saturated carbocycles. The molecule has 1 atom stereocenters. The topological polar surface area (TPSA) is 86.1 Å². The fraction of sp³-hybridized carbons (Fsp3) is 0.667. The van der Waals surface area contributed by atoms with Crippen molar-refractivity contribution in [2.45, 2.75) is 46.2 Å². The number of amides is 1. The summed E-state index contributed by atoms with van der Waals surface area (Å²) in [5, 5.41) is 9.44. The predicted octanol–water partition coefficient (Wildman–Crippen LogP) is 1.31. The van der Waals surface area contributed by atoms with Gasteiger partial charge in [0.2, 0.25) is 5.91 Å². The predicted molar refractivity (Wildman–Crippen MR) is 68.8 cm³/mol. The molecular weight excluding hydrogens is 286 g/mol. The number of hydrogen-bond donors (Lipinski definition) is 1. The minimum absolute atomic E-state index is 0.0306. The first-order chi connectivity index (χ1) is 9.90. The number of hydrogen-bond acceptors (Lipinski definition) is 5. The summed E-state index contributed by atoms with van der Waals surface area (Å²) >= 11 is 0. The zero-order valence-corrected chi connectivity index (χ0v) is 12.1. The summed E-state index contributed by atoms with van der Waals surface area (Å²) in [6.45, 7) is 4.81. The van der Waals surface area contributed by atoms with Crippen molar-refractivity contribution in [1.82, 2.24) is 20.3 Å². The fourth-order valence-electron chi connectivity index (χ4n) is 1.56. The van der Waals surface area contributed by atoms with Gasteiger partial charge in [0.25, 0.3) is 6.43 Å². The quantitative estimate of drug-likeness (QED) is 0.768. The van der Waals surface area contributed by atoms with E-state index in [1.165, 1.54) is 0 Å². The van der Waals surface area contributed by atoms with Crippen LogP contribution in [0, 0.1) is 0 Å². The summed E-state index contributed by atoms with van der Waals surface area (Å²) in [4.78, 5) is 23.2. The number of aromatic nitrogens is 3. The number of ether oxygens (including phenoxy) is 1. The largest absolute Gasteiger partial charge is 0.461 e. The smallest absolute Gasteiger partial charge is 0.361 e. The van der Waals surface area contributed by atoms with Gasteiger partial charge in [-0.05, 0) is 20.3 Å². The molecule has 1 N–H and O–H groups in total. The fourth-order valence-corrected chi connectivity index (χ4v) is 1.56. The molecule has 0 radical (unpaired) electrons. The van der Waals surface area contributed by atoms with Crippen molar-refractivity contribution in [3.05, 3.63) is 11.4 Å². The van der Waals surface area contributed by atoms with Gasteiger partial charge in [-0.2, -0.15) is 0 Å². The van der Waals surface area contributed by atoms with E-state index in [0.29, 0.717) is 11.1 Å². The Bertz CT molecular complexity index is 505. The number of rotatable bonds is 7. The van der Waals surface area contributed by atoms with Crippen LogP contribution in [0.15, 0.2) is 0 Å². The van der Waals surface area contributed by atoms with E-state index in [4.69, 9.17) is 0 Å². The highest BCUT2D eigenvalue weighted by Gasteiger charge is 2.28. The number of halogens is 2. The Balaban J connectivity index is 2.93. The van der Waals surface area contributed by atoms with Gasteiger partial charge < -0.3 is 10.1 Å². The summed E-state index contributed by atoms with van der Waals surface area (Å²) in [6.07, 6.45) is -2.28. The van der Waals surface area contributed by atoms with Crippen LogP contribution in [-0.4, -0.2) is 39.5 Å². The van der Waals surface area contributed by atoms with Crippen molar-refractivity contribution in [3.63, 3.8) is 0 Å². The average molecular weight is 304 g/mol. The molecule has 7 nitrogen and oxygen atoms in total. The summed E-state index contributed by atoms with van der Waals surface area (Å²) in [6, 6.07) is -0.0828. The lowest BCUT2D eigenvalue weighted by atomic mass is 10.2. The number of carbonyl (C=O) groups is 2. The monoisotopic (exact) mass is 304 g/mol. The van der Waals surface area contributed by atoms with Crippen LogP contribution in [0.3, 0.4) is 0 Å². The summed E-state index contributed by atoms with van der Waals surface area (Å²) in [5.41, 5.74) is -1.28. The van der Waals surface area contributed by atoms with Crippen molar-refractivity contribution < 1.29 is 23.1 Å². The van der Waals surface area contributed by atoms with Gasteiger partial charge in [0.1, 0.15) is 12.2 Å². The first-order valence-electron chi connectivity index (χ1n) is 6.58. The molecule has 0 saturated heterocycles. The molecule has 0 aliphatic carbocycles. The minimum atomic E-state index is -2.99. The Labute approximate surface area is 120 Å². The third-order valence-electron chi connectivity index (χ3n) is 2.76. The lowest BCUT2D eigenvalue weighted by molar-refractivity contribution is -0.122. The standard InChI is InChI=1S/C12H18F2N4O3/c1-4-7(3)15-8(19)6-18-10(11(13)14)9(16-17-18)12(20)21-5-2/h7,11H,4-6H2,1-3H3,(H,15,19). The maximum Gasteiger partial charge on any atom is 0.361 e. The third-order valence-corrected chi connectivity index (χ3v) is 2.76. The Morgan fingerprint density at radius 2 is 2.05 bits per heavy atom. The van der Waals surface area contributed by atoms with E-state index in [1.807, 2.05) is 6.92 Å². The Hall–Kier alpha value is -2.06. The highest BCUT2D eigenvalue weighted by Crippen LogP contribution is 2.22. The van der Waals surface area contributed by atoms with Gasteiger partial charge in [0.05, 0.1) is 6.61 Å². The number of esters is 1. The van der Waals surface area contributed by atoms with Gasteiger partial charge in [-0.15, -0.1) is 5.10 Å². The Morgan fingerprint density at radius 1 is 1.38 bits per heavy atom. The summed E-state index contributed by atoms with van der Waals surface area (Å²) < 4.78 is 31.5. The molecule has 21 heavy (non-hydrogen) atoms. The van der Waals surface area contributed by atoms with Gasteiger partial charge in [-0.1, -0.05) is 12.1 Å². The molecule has 1 amide bonds. The summed E-state index contributed by atoms with van der Waals surface area (Å²) in [5.74, 6) is -1.46. The molecule has 118 valence electrons. The number of nitrogens with zero attached hydrogens (tertiary/aromatic N) is 3. The molecule has 1 heterocycles. The molecule has 0 fully saturated rings. The molecule has 1 aromatic heterocycles. The second-order valence-corrected chi connectivity index (χ2v) is 4.38. The second kappa shape index (κ2) is 7.65. The molecule has 1 aromatic rings. The molecule has 9 heteroatoms. The number of alkyl halides is 2. The first kappa shape index (κ1) is 17.0. The van der Waals surface area contributed by atoms with Crippen molar-refractivity contribution in [1.29, 1.82) is 0 Å². The van der Waals surface area contributed by atoms with E-state index in [9.17, 15) is 18.4 Å². The van der Waals surface area contributed by atoms with Crippen molar-refractivity contribution >= 4 is 11.9 Å². The van der Waals surface area contributed by atoms with Crippen molar-refractivity contribution in [2.75, 3.05) is 6.61 Å². The van der Waals surface area contributed by atoms with Crippen LogP contribution in [0.25, 0.3) is 0 Å². The molecular formula is C12H18F2N4O3.